The van der Waals surface area contributed by atoms with Crippen LogP contribution in [0.4, 0.5) is 10.5 Å². The van der Waals surface area contributed by atoms with Crippen LogP contribution in [0.5, 0.6) is 0 Å². The van der Waals surface area contributed by atoms with Crippen molar-refractivity contribution in [2.75, 3.05) is 32.0 Å². The van der Waals surface area contributed by atoms with Crippen LogP contribution < -0.4 is 16.8 Å². The number of hydrogen-bond acceptors (Lipinski definition) is 8. The minimum Gasteiger partial charge on any atom is -0.443 e. The maximum atomic E-state index is 13.5. The van der Waals surface area contributed by atoms with Crippen LogP contribution >= 0.6 is 0 Å². The monoisotopic (exact) mass is 546 g/mol. The van der Waals surface area contributed by atoms with Crippen molar-refractivity contribution in [1.82, 2.24) is 9.62 Å². The second-order valence-electron chi connectivity index (χ2n) is 10.4. The third-order valence-electron chi connectivity index (χ3n) is 6.86. The second kappa shape index (κ2) is 12.4. The van der Waals surface area contributed by atoms with E-state index in [2.05, 4.69) is 5.32 Å². The molecule has 0 unspecified atom stereocenters. The third-order valence-corrected chi connectivity index (χ3v) is 8.71. The first-order valence-corrected chi connectivity index (χ1v) is 14.4. The van der Waals surface area contributed by atoms with E-state index in [4.69, 9.17) is 25.7 Å². The number of benzene rings is 2. The average Bonchev–Trinajstić information content (AvgIpc) is 3.49. The first-order chi connectivity index (χ1) is 18.1. The molecule has 2 heterocycles. The Balaban J connectivity index is 1.51. The lowest BCUT2D eigenvalue weighted by atomic mass is 9.99. The summed E-state index contributed by atoms with van der Waals surface area (Å²) in [5, 5.41) is 2.91. The van der Waals surface area contributed by atoms with E-state index in [1.54, 1.807) is 12.1 Å². The molecule has 0 aromatic heterocycles. The average molecular weight is 547 g/mol. The Labute approximate surface area is 224 Å². The van der Waals surface area contributed by atoms with Crippen molar-refractivity contribution in [3.05, 3.63) is 60.2 Å². The summed E-state index contributed by atoms with van der Waals surface area (Å²) < 4.78 is 45.3. The Kier molecular flexibility index (Phi) is 9.27. The minimum atomic E-state index is -3.85. The van der Waals surface area contributed by atoms with Gasteiger partial charge in [0, 0.05) is 24.8 Å². The van der Waals surface area contributed by atoms with Gasteiger partial charge >= 0.3 is 6.09 Å². The molecule has 2 aliphatic heterocycles. The van der Waals surface area contributed by atoms with Crippen LogP contribution in [0.15, 0.2) is 59.5 Å². The zero-order valence-electron chi connectivity index (χ0n) is 21.9. The molecule has 0 saturated carbocycles. The van der Waals surface area contributed by atoms with E-state index in [1.807, 2.05) is 44.2 Å². The van der Waals surface area contributed by atoms with Crippen molar-refractivity contribution in [3.63, 3.8) is 0 Å². The summed E-state index contributed by atoms with van der Waals surface area (Å²) in [6.45, 7) is 5.02. The molecule has 2 aromatic carbocycles. The Bertz CT molecular complexity index is 1160. The largest absolute Gasteiger partial charge is 0.443 e. The number of carbonyl (C=O) groups excluding carboxylic acids is 1. The summed E-state index contributed by atoms with van der Waals surface area (Å²) in [5.41, 5.74) is 13.8. The van der Waals surface area contributed by atoms with E-state index in [-0.39, 0.29) is 42.7 Å². The van der Waals surface area contributed by atoms with Crippen LogP contribution in [-0.2, 0) is 30.7 Å². The Morgan fingerprint density at radius 3 is 2.50 bits per heavy atom. The Hall–Kier alpha value is -2.70. The molecule has 0 bridgehead atoms. The van der Waals surface area contributed by atoms with E-state index in [9.17, 15) is 13.2 Å². The molecule has 4 rings (SSSR count). The summed E-state index contributed by atoms with van der Waals surface area (Å²) in [7, 11) is -3.85. The summed E-state index contributed by atoms with van der Waals surface area (Å²) in [4.78, 5) is 13.1. The Morgan fingerprint density at radius 2 is 1.82 bits per heavy atom. The zero-order valence-corrected chi connectivity index (χ0v) is 22.7. The lowest BCUT2D eigenvalue weighted by Gasteiger charge is -2.31. The summed E-state index contributed by atoms with van der Waals surface area (Å²) in [6.07, 6.45) is -0.176. The molecule has 38 heavy (non-hydrogen) atoms. The number of fused-ring (bicyclic) bond motifs is 1. The van der Waals surface area contributed by atoms with Crippen LogP contribution in [0, 0.1) is 11.8 Å². The minimum absolute atomic E-state index is 0.00769. The molecule has 2 saturated heterocycles. The maximum Gasteiger partial charge on any atom is 0.407 e. The number of alkyl carbamates (subject to hydrolysis) is 1. The highest BCUT2D eigenvalue weighted by atomic mass is 32.2. The van der Waals surface area contributed by atoms with Crippen molar-refractivity contribution in [2.24, 2.45) is 17.6 Å². The number of nitrogens with zero attached hydrogens (tertiary/aromatic N) is 1. The molecular formula is C27H38N4O6S. The van der Waals surface area contributed by atoms with Crippen molar-refractivity contribution < 1.29 is 27.4 Å². The normalized spacial score (nSPS) is 22.8. The predicted octanol–water partition coefficient (Wildman–Crippen LogP) is 2.34. The van der Waals surface area contributed by atoms with Gasteiger partial charge in [-0.1, -0.05) is 44.2 Å². The number of carbonyl (C=O) groups is 1. The van der Waals surface area contributed by atoms with E-state index in [0.29, 0.717) is 18.7 Å². The molecule has 11 heteroatoms. The van der Waals surface area contributed by atoms with Crippen LogP contribution in [0.3, 0.4) is 0 Å². The van der Waals surface area contributed by atoms with Gasteiger partial charge in [-0.3, -0.25) is 0 Å². The second-order valence-corrected chi connectivity index (χ2v) is 12.3. The summed E-state index contributed by atoms with van der Waals surface area (Å²) >= 11 is 0. The molecule has 0 radical (unpaired) electrons. The SMILES string of the molecule is CC(C)CN(C[C@@H](N)[C@H](Cc1ccccc1)NC(=O)O[C@H]1CO[C@H]2OCC[C@H]21)S(=O)(=O)c1ccc(N)cc1. The van der Waals surface area contributed by atoms with E-state index in [1.165, 1.54) is 16.4 Å². The van der Waals surface area contributed by atoms with Crippen LogP contribution in [0.25, 0.3) is 0 Å². The van der Waals surface area contributed by atoms with Gasteiger partial charge in [0.05, 0.1) is 30.1 Å². The van der Waals surface area contributed by atoms with Crippen molar-refractivity contribution in [1.29, 1.82) is 0 Å². The molecule has 2 fully saturated rings. The van der Waals surface area contributed by atoms with Gasteiger partial charge in [0.15, 0.2) is 6.29 Å². The molecule has 2 aromatic rings. The quantitative estimate of drug-likeness (QED) is 0.364. The van der Waals surface area contributed by atoms with E-state index >= 15 is 0 Å². The van der Waals surface area contributed by atoms with Crippen molar-refractivity contribution in [2.45, 2.75) is 56.1 Å². The van der Waals surface area contributed by atoms with Crippen molar-refractivity contribution in [3.8, 4) is 0 Å². The smallest absolute Gasteiger partial charge is 0.407 e. The highest BCUT2D eigenvalue weighted by Gasteiger charge is 2.44. The molecule has 1 amide bonds. The number of nitrogen functional groups attached to an aromatic ring is 1. The fourth-order valence-corrected chi connectivity index (χ4v) is 6.52. The van der Waals surface area contributed by atoms with Crippen LogP contribution in [0.1, 0.15) is 25.8 Å². The number of ether oxygens (including phenoxy) is 3. The fourth-order valence-electron chi connectivity index (χ4n) is 4.88. The summed E-state index contributed by atoms with van der Waals surface area (Å²) in [6, 6.07) is 14.4. The standard InChI is InChI=1S/C27H38N4O6S/c1-18(2)15-31(38(33,34)21-10-8-20(28)9-11-21)16-23(29)24(14-19-6-4-3-5-7-19)30-27(32)37-25-17-36-26-22(25)12-13-35-26/h3-11,18,22-26H,12-17,28-29H2,1-2H3,(H,30,32)/t22-,23+,24-,25-,26+/m0/s1. The molecule has 10 nitrogen and oxygen atoms in total. The predicted molar refractivity (Wildman–Crippen MR) is 144 cm³/mol. The lowest BCUT2D eigenvalue weighted by molar-refractivity contribution is -0.0907. The number of anilines is 1. The maximum absolute atomic E-state index is 13.5. The lowest BCUT2D eigenvalue weighted by Crippen LogP contribution is -2.55. The number of rotatable bonds is 11. The van der Waals surface area contributed by atoms with Gasteiger partial charge in [-0.2, -0.15) is 4.31 Å². The van der Waals surface area contributed by atoms with E-state index < -0.39 is 34.3 Å². The number of sulfonamides is 1. The molecule has 5 N–H and O–H groups in total. The number of nitrogens with one attached hydrogen (secondary N) is 1. The highest BCUT2D eigenvalue weighted by Crippen LogP contribution is 2.33. The van der Waals surface area contributed by atoms with Gasteiger partial charge < -0.3 is 31.0 Å². The third kappa shape index (κ3) is 7.03. The topological polar surface area (TPSA) is 146 Å². The van der Waals surface area contributed by atoms with Gasteiger partial charge in [0.1, 0.15) is 6.10 Å². The van der Waals surface area contributed by atoms with Crippen molar-refractivity contribution >= 4 is 21.8 Å². The van der Waals surface area contributed by atoms with Gasteiger partial charge in [-0.15, -0.1) is 0 Å². The Morgan fingerprint density at radius 1 is 1.11 bits per heavy atom. The fraction of sp³-hybridized carbons (Fsp3) is 0.519. The van der Waals surface area contributed by atoms with E-state index in [0.717, 1.165) is 12.0 Å². The number of amides is 1. The van der Waals surface area contributed by atoms with Gasteiger partial charge in [0.25, 0.3) is 0 Å². The molecule has 5 atom stereocenters. The van der Waals surface area contributed by atoms with Crippen LogP contribution in [0.2, 0.25) is 0 Å². The molecule has 0 aliphatic carbocycles. The molecule has 208 valence electrons. The first kappa shape index (κ1) is 28.3. The molecular weight excluding hydrogens is 508 g/mol. The number of nitrogens with two attached hydrogens (primary N) is 2. The molecule has 2 aliphatic rings. The van der Waals surface area contributed by atoms with Gasteiger partial charge in [-0.25, -0.2) is 13.2 Å². The highest BCUT2D eigenvalue weighted by molar-refractivity contribution is 7.89. The van der Waals surface area contributed by atoms with Gasteiger partial charge in [0.2, 0.25) is 10.0 Å². The summed E-state index contributed by atoms with van der Waals surface area (Å²) in [5.74, 6) is 0.0637. The molecule has 0 spiro atoms. The zero-order chi connectivity index (χ0) is 27.3. The van der Waals surface area contributed by atoms with Crippen LogP contribution in [-0.4, -0.2) is 69.6 Å². The first-order valence-electron chi connectivity index (χ1n) is 13.0. The number of hydrogen-bond donors (Lipinski definition) is 3. The van der Waals surface area contributed by atoms with Gasteiger partial charge in [-0.05, 0) is 48.6 Å².